The van der Waals surface area contributed by atoms with Crippen molar-refractivity contribution < 1.29 is 9.26 Å². The topological polar surface area (TPSA) is 74.9 Å². The third kappa shape index (κ3) is 5.75. The Labute approximate surface area is 179 Å². The van der Waals surface area contributed by atoms with Crippen LogP contribution in [0.5, 0.6) is 5.75 Å². The molecule has 1 atom stereocenters. The van der Waals surface area contributed by atoms with Crippen LogP contribution < -0.4 is 15.4 Å². The number of benzene rings is 1. The van der Waals surface area contributed by atoms with E-state index in [1.807, 2.05) is 19.9 Å². The molecule has 1 aromatic carbocycles. The first-order valence-electron chi connectivity index (χ1n) is 10.9. The molecule has 7 heteroatoms. The Bertz CT molecular complexity index is 807. The number of ether oxygens (including phenoxy) is 1. The van der Waals surface area contributed by atoms with E-state index in [-0.39, 0.29) is 6.04 Å². The average molecular weight is 414 g/mol. The number of nitrogens with one attached hydrogen (secondary N) is 2. The Morgan fingerprint density at radius 1 is 1.27 bits per heavy atom. The van der Waals surface area contributed by atoms with Crippen LogP contribution in [0.25, 0.3) is 0 Å². The second-order valence-corrected chi connectivity index (χ2v) is 7.73. The lowest BCUT2D eigenvalue weighted by Crippen LogP contribution is -2.39. The molecule has 1 aromatic heterocycles. The highest BCUT2D eigenvalue weighted by Crippen LogP contribution is 2.27. The van der Waals surface area contributed by atoms with E-state index in [9.17, 15) is 0 Å². The number of hydrogen-bond donors (Lipinski definition) is 2. The van der Waals surface area contributed by atoms with E-state index in [0.717, 1.165) is 55.8 Å². The van der Waals surface area contributed by atoms with Gasteiger partial charge in [-0.05, 0) is 70.8 Å². The van der Waals surface area contributed by atoms with Crippen LogP contribution in [0.15, 0.2) is 33.8 Å². The van der Waals surface area contributed by atoms with Crippen LogP contribution in [0.4, 0.5) is 0 Å². The highest BCUT2D eigenvalue weighted by Gasteiger charge is 2.23. The molecule has 0 amide bonds. The Morgan fingerprint density at radius 2 is 2.07 bits per heavy atom. The molecule has 0 aliphatic carbocycles. The van der Waals surface area contributed by atoms with E-state index >= 15 is 0 Å². The van der Waals surface area contributed by atoms with Crippen LogP contribution >= 0.6 is 0 Å². The maximum Gasteiger partial charge on any atom is 0.191 e. The van der Waals surface area contributed by atoms with Gasteiger partial charge < -0.3 is 19.9 Å². The first kappa shape index (κ1) is 22.2. The third-order valence-electron chi connectivity index (χ3n) is 5.68. The van der Waals surface area contributed by atoms with Crippen molar-refractivity contribution in [3.8, 4) is 5.75 Å². The molecule has 0 saturated carbocycles. The first-order chi connectivity index (χ1) is 14.6. The number of guanidine groups is 1. The highest BCUT2D eigenvalue weighted by atomic mass is 16.5. The summed E-state index contributed by atoms with van der Waals surface area (Å²) in [5.74, 6) is 2.63. The summed E-state index contributed by atoms with van der Waals surface area (Å²) in [6.45, 7) is 10.6. The SMILES string of the molecule is CCNC(=NCC(c1cccc(OC)c1)N1CCCC1)NCCc1c(C)noc1C. The van der Waals surface area contributed by atoms with E-state index in [1.54, 1.807) is 7.11 Å². The van der Waals surface area contributed by atoms with Crippen molar-refractivity contribution >= 4 is 5.96 Å². The van der Waals surface area contributed by atoms with Crippen molar-refractivity contribution in [2.45, 2.75) is 46.1 Å². The number of aryl methyl sites for hydroxylation is 2. The molecule has 164 valence electrons. The van der Waals surface area contributed by atoms with E-state index < -0.39 is 0 Å². The number of nitrogens with zero attached hydrogens (tertiary/aromatic N) is 3. The summed E-state index contributed by atoms with van der Waals surface area (Å²) >= 11 is 0. The lowest BCUT2D eigenvalue weighted by Gasteiger charge is -2.27. The zero-order chi connectivity index (χ0) is 21.3. The van der Waals surface area contributed by atoms with Crippen LogP contribution in [0, 0.1) is 13.8 Å². The summed E-state index contributed by atoms with van der Waals surface area (Å²) in [5, 5.41) is 10.9. The van der Waals surface area contributed by atoms with Gasteiger partial charge in [-0.25, -0.2) is 0 Å². The fraction of sp³-hybridized carbons (Fsp3) is 0.565. The van der Waals surface area contributed by atoms with Crippen molar-refractivity contribution in [2.75, 3.05) is 39.8 Å². The van der Waals surface area contributed by atoms with Gasteiger partial charge in [-0.3, -0.25) is 9.89 Å². The fourth-order valence-corrected chi connectivity index (χ4v) is 4.02. The molecule has 0 radical (unpaired) electrons. The maximum absolute atomic E-state index is 5.45. The Kier molecular flexibility index (Phi) is 8.13. The molecule has 1 fully saturated rings. The molecule has 2 heterocycles. The summed E-state index contributed by atoms with van der Waals surface area (Å²) in [5.41, 5.74) is 3.39. The van der Waals surface area contributed by atoms with E-state index in [0.29, 0.717) is 6.54 Å². The van der Waals surface area contributed by atoms with Crippen LogP contribution in [-0.4, -0.2) is 55.8 Å². The van der Waals surface area contributed by atoms with Crippen molar-refractivity contribution in [2.24, 2.45) is 4.99 Å². The molecule has 0 spiro atoms. The summed E-state index contributed by atoms with van der Waals surface area (Å²) < 4.78 is 10.7. The van der Waals surface area contributed by atoms with Gasteiger partial charge in [0, 0.05) is 18.7 Å². The molecule has 1 aliphatic heterocycles. The smallest absolute Gasteiger partial charge is 0.191 e. The van der Waals surface area contributed by atoms with Crippen LogP contribution in [0.3, 0.4) is 0 Å². The molecular formula is C23H35N5O2. The van der Waals surface area contributed by atoms with Crippen molar-refractivity contribution in [3.05, 3.63) is 46.8 Å². The maximum atomic E-state index is 5.45. The van der Waals surface area contributed by atoms with Gasteiger partial charge in [-0.1, -0.05) is 17.3 Å². The summed E-state index contributed by atoms with van der Waals surface area (Å²) in [6, 6.07) is 8.62. The quantitative estimate of drug-likeness (QED) is 0.486. The molecule has 1 unspecified atom stereocenters. The zero-order valence-electron chi connectivity index (χ0n) is 18.7. The molecule has 30 heavy (non-hydrogen) atoms. The Hall–Kier alpha value is -2.54. The minimum absolute atomic E-state index is 0.251. The molecule has 2 N–H and O–H groups in total. The van der Waals surface area contributed by atoms with Gasteiger partial charge in [0.2, 0.25) is 0 Å². The summed E-state index contributed by atoms with van der Waals surface area (Å²) in [7, 11) is 1.72. The van der Waals surface area contributed by atoms with Gasteiger partial charge >= 0.3 is 0 Å². The number of rotatable bonds is 9. The largest absolute Gasteiger partial charge is 0.497 e. The average Bonchev–Trinajstić information content (AvgIpc) is 3.39. The zero-order valence-corrected chi connectivity index (χ0v) is 18.7. The third-order valence-corrected chi connectivity index (χ3v) is 5.68. The number of aromatic nitrogens is 1. The molecule has 2 aromatic rings. The minimum Gasteiger partial charge on any atom is -0.497 e. The molecule has 0 bridgehead atoms. The summed E-state index contributed by atoms with van der Waals surface area (Å²) in [6.07, 6.45) is 3.36. The van der Waals surface area contributed by atoms with Gasteiger partial charge in [0.1, 0.15) is 11.5 Å². The van der Waals surface area contributed by atoms with Gasteiger partial charge in [0.05, 0.1) is 25.4 Å². The van der Waals surface area contributed by atoms with Crippen LogP contribution in [0.2, 0.25) is 0 Å². The highest BCUT2D eigenvalue weighted by molar-refractivity contribution is 5.79. The second kappa shape index (κ2) is 11.0. The number of hydrogen-bond acceptors (Lipinski definition) is 5. The monoisotopic (exact) mass is 413 g/mol. The van der Waals surface area contributed by atoms with Gasteiger partial charge in [0.25, 0.3) is 0 Å². The predicted molar refractivity (Wildman–Crippen MR) is 120 cm³/mol. The molecule has 3 rings (SSSR count). The standard InChI is InChI=1S/C23H35N5O2/c1-5-24-23(25-12-11-21-17(2)27-30-18(21)3)26-16-22(28-13-6-7-14-28)19-9-8-10-20(15-19)29-4/h8-10,15,22H,5-7,11-14,16H2,1-4H3,(H2,24,25,26). The van der Waals surface area contributed by atoms with Gasteiger partial charge in [-0.2, -0.15) is 0 Å². The number of likely N-dealkylation sites (tertiary alicyclic amines) is 1. The van der Waals surface area contributed by atoms with E-state index in [2.05, 4.69) is 45.8 Å². The van der Waals surface area contributed by atoms with Crippen molar-refractivity contribution in [1.29, 1.82) is 0 Å². The van der Waals surface area contributed by atoms with Crippen LogP contribution in [-0.2, 0) is 6.42 Å². The lowest BCUT2D eigenvalue weighted by molar-refractivity contribution is 0.251. The molecule has 1 aliphatic rings. The Balaban J connectivity index is 1.68. The Morgan fingerprint density at radius 3 is 2.73 bits per heavy atom. The fourth-order valence-electron chi connectivity index (χ4n) is 4.02. The number of aliphatic imine (C=N–C) groups is 1. The second-order valence-electron chi connectivity index (χ2n) is 7.73. The molecular weight excluding hydrogens is 378 g/mol. The van der Waals surface area contributed by atoms with Crippen molar-refractivity contribution in [1.82, 2.24) is 20.7 Å². The summed E-state index contributed by atoms with van der Waals surface area (Å²) in [4.78, 5) is 7.46. The van der Waals surface area contributed by atoms with E-state index in [4.69, 9.17) is 14.3 Å². The molecule has 1 saturated heterocycles. The molecule has 7 nitrogen and oxygen atoms in total. The van der Waals surface area contributed by atoms with Crippen LogP contribution in [0.1, 0.15) is 48.4 Å². The normalized spacial score (nSPS) is 15.9. The van der Waals surface area contributed by atoms with E-state index in [1.165, 1.54) is 24.0 Å². The number of methoxy groups -OCH3 is 1. The minimum atomic E-state index is 0.251. The van der Waals surface area contributed by atoms with Crippen molar-refractivity contribution in [3.63, 3.8) is 0 Å². The van der Waals surface area contributed by atoms with Gasteiger partial charge in [0.15, 0.2) is 5.96 Å². The lowest BCUT2D eigenvalue weighted by atomic mass is 10.1. The van der Waals surface area contributed by atoms with Gasteiger partial charge in [-0.15, -0.1) is 0 Å². The predicted octanol–water partition coefficient (Wildman–Crippen LogP) is 3.23. The first-order valence-corrected chi connectivity index (χ1v) is 10.9.